The minimum absolute atomic E-state index is 0.0235. The van der Waals surface area contributed by atoms with Crippen LogP contribution < -0.4 is 5.73 Å². The fourth-order valence-corrected chi connectivity index (χ4v) is 2.13. The first-order valence-corrected chi connectivity index (χ1v) is 5.84. The van der Waals surface area contributed by atoms with Gasteiger partial charge in [-0.2, -0.15) is 0 Å². The molecule has 2 N–H and O–H groups in total. The molecule has 3 nitrogen and oxygen atoms in total. The van der Waals surface area contributed by atoms with Gasteiger partial charge >= 0.3 is 0 Å². The van der Waals surface area contributed by atoms with Gasteiger partial charge in [-0.1, -0.05) is 19.1 Å². The number of hydrogen-bond donors (Lipinski definition) is 1. The zero-order valence-corrected chi connectivity index (χ0v) is 9.90. The summed E-state index contributed by atoms with van der Waals surface area (Å²) < 4.78 is 13.0. The lowest BCUT2D eigenvalue weighted by molar-refractivity contribution is -0.129. The summed E-state index contributed by atoms with van der Waals surface area (Å²) in [6, 6.07) is 6.22. The van der Waals surface area contributed by atoms with Crippen molar-refractivity contribution in [2.45, 2.75) is 19.4 Å². The van der Waals surface area contributed by atoms with Crippen molar-refractivity contribution in [1.29, 1.82) is 0 Å². The van der Waals surface area contributed by atoms with E-state index in [1.54, 1.807) is 17.0 Å². The Hall–Kier alpha value is -1.42. The summed E-state index contributed by atoms with van der Waals surface area (Å²) in [6.07, 6.45) is 0.247. The Morgan fingerprint density at radius 2 is 2.29 bits per heavy atom. The minimum Gasteiger partial charge on any atom is -0.341 e. The summed E-state index contributed by atoms with van der Waals surface area (Å²) in [4.78, 5) is 13.7. The molecule has 1 aliphatic heterocycles. The van der Waals surface area contributed by atoms with Crippen molar-refractivity contribution < 1.29 is 9.18 Å². The van der Waals surface area contributed by atoms with Gasteiger partial charge < -0.3 is 10.6 Å². The molecule has 17 heavy (non-hydrogen) atoms. The van der Waals surface area contributed by atoms with Crippen LogP contribution in [0.1, 0.15) is 12.5 Å². The Labute approximate surface area is 100 Å². The zero-order valence-electron chi connectivity index (χ0n) is 9.90. The van der Waals surface area contributed by atoms with Crippen molar-refractivity contribution in [2.75, 3.05) is 13.1 Å². The van der Waals surface area contributed by atoms with Gasteiger partial charge in [-0.3, -0.25) is 4.79 Å². The lowest BCUT2D eigenvalue weighted by Crippen LogP contribution is -2.33. The van der Waals surface area contributed by atoms with E-state index in [1.165, 1.54) is 12.1 Å². The van der Waals surface area contributed by atoms with Crippen molar-refractivity contribution in [3.05, 3.63) is 35.6 Å². The number of nitrogens with zero attached hydrogens (tertiary/aromatic N) is 1. The maximum atomic E-state index is 13.0. The SMILES string of the molecule is CC1CN(C(=O)Cc2cccc(F)c2)CC1N. The standard InChI is InChI=1S/C13H17FN2O/c1-9-7-16(8-12(9)15)13(17)6-10-3-2-4-11(14)5-10/h2-5,9,12H,6-8,15H2,1H3. The molecule has 0 radical (unpaired) electrons. The molecule has 1 aliphatic rings. The van der Waals surface area contributed by atoms with Crippen LogP contribution in [0.4, 0.5) is 4.39 Å². The molecule has 1 saturated heterocycles. The number of carbonyl (C=O) groups excluding carboxylic acids is 1. The second kappa shape index (κ2) is 4.84. The van der Waals surface area contributed by atoms with Crippen LogP contribution in [0, 0.1) is 11.7 Å². The van der Waals surface area contributed by atoms with E-state index in [-0.39, 0.29) is 24.2 Å². The quantitative estimate of drug-likeness (QED) is 0.838. The van der Waals surface area contributed by atoms with Gasteiger partial charge in [-0.25, -0.2) is 4.39 Å². The van der Waals surface area contributed by atoms with E-state index in [4.69, 9.17) is 5.73 Å². The van der Waals surface area contributed by atoms with Gasteiger partial charge in [-0.15, -0.1) is 0 Å². The number of likely N-dealkylation sites (tertiary alicyclic amines) is 1. The summed E-state index contributed by atoms with van der Waals surface area (Å²) >= 11 is 0. The molecule has 4 heteroatoms. The number of benzene rings is 1. The fourth-order valence-electron chi connectivity index (χ4n) is 2.13. The van der Waals surface area contributed by atoms with Crippen molar-refractivity contribution in [2.24, 2.45) is 11.7 Å². The summed E-state index contributed by atoms with van der Waals surface area (Å²) in [5, 5.41) is 0. The van der Waals surface area contributed by atoms with Crippen LogP contribution in [0.15, 0.2) is 24.3 Å². The Kier molecular flexibility index (Phi) is 3.43. The van der Waals surface area contributed by atoms with Crippen LogP contribution in [0.3, 0.4) is 0 Å². The Bertz CT molecular complexity index is 412. The third-order valence-electron chi connectivity index (χ3n) is 3.27. The lowest BCUT2D eigenvalue weighted by Gasteiger charge is -2.15. The van der Waals surface area contributed by atoms with Gasteiger partial charge in [-0.05, 0) is 23.6 Å². The Morgan fingerprint density at radius 1 is 1.53 bits per heavy atom. The van der Waals surface area contributed by atoms with Gasteiger partial charge in [0, 0.05) is 19.1 Å². The fraction of sp³-hybridized carbons (Fsp3) is 0.462. The van der Waals surface area contributed by atoms with Gasteiger partial charge in [0.15, 0.2) is 0 Å². The molecule has 0 bridgehead atoms. The molecule has 2 unspecified atom stereocenters. The van der Waals surface area contributed by atoms with Crippen molar-refractivity contribution in [1.82, 2.24) is 4.90 Å². The van der Waals surface area contributed by atoms with E-state index >= 15 is 0 Å². The zero-order chi connectivity index (χ0) is 12.4. The van der Waals surface area contributed by atoms with E-state index in [2.05, 4.69) is 0 Å². The van der Waals surface area contributed by atoms with Gasteiger partial charge in [0.25, 0.3) is 0 Å². The van der Waals surface area contributed by atoms with Crippen molar-refractivity contribution in [3.63, 3.8) is 0 Å². The highest BCUT2D eigenvalue weighted by molar-refractivity contribution is 5.79. The normalized spacial score (nSPS) is 24.1. The average Bonchev–Trinajstić information content (AvgIpc) is 2.59. The van der Waals surface area contributed by atoms with Gasteiger partial charge in [0.05, 0.1) is 6.42 Å². The highest BCUT2D eigenvalue weighted by Crippen LogP contribution is 2.16. The van der Waals surface area contributed by atoms with Crippen LogP contribution in [-0.4, -0.2) is 29.9 Å². The maximum Gasteiger partial charge on any atom is 0.227 e. The third-order valence-corrected chi connectivity index (χ3v) is 3.27. The number of hydrogen-bond acceptors (Lipinski definition) is 2. The molecule has 1 aromatic carbocycles. The average molecular weight is 236 g/mol. The molecule has 1 amide bonds. The molecule has 0 aliphatic carbocycles. The topological polar surface area (TPSA) is 46.3 Å². The molecule has 1 aromatic rings. The van der Waals surface area contributed by atoms with Crippen molar-refractivity contribution >= 4 is 5.91 Å². The van der Waals surface area contributed by atoms with E-state index in [9.17, 15) is 9.18 Å². The molecule has 92 valence electrons. The van der Waals surface area contributed by atoms with E-state index in [1.807, 2.05) is 6.92 Å². The highest BCUT2D eigenvalue weighted by atomic mass is 19.1. The largest absolute Gasteiger partial charge is 0.341 e. The number of nitrogens with two attached hydrogens (primary N) is 1. The molecule has 2 atom stereocenters. The first-order valence-electron chi connectivity index (χ1n) is 5.84. The molecular formula is C13H17FN2O. The number of amides is 1. The predicted molar refractivity (Wildman–Crippen MR) is 63.8 cm³/mol. The van der Waals surface area contributed by atoms with Crippen molar-refractivity contribution in [3.8, 4) is 0 Å². The summed E-state index contributed by atoms with van der Waals surface area (Å²) in [6.45, 7) is 3.35. The number of rotatable bonds is 2. The Morgan fingerprint density at radius 3 is 2.88 bits per heavy atom. The summed E-state index contributed by atoms with van der Waals surface area (Å²) in [5.74, 6) is 0.0589. The van der Waals surface area contributed by atoms with Gasteiger partial charge in [0.2, 0.25) is 5.91 Å². The molecule has 0 aromatic heterocycles. The first kappa shape index (κ1) is 12.0. The van der Waals surface area contributed by atoms with E-state index < -0.39 is 0 Å². The minimum atomic E-state index is -0.304. The molecule has 1 fully saturated rings. The second-order valence-corrected chi connectivity index (χ2v) is 4.75. The molecule has 1 heterocycles. The van der Waals surface area contributed by atoms with Crippen LogP contribution in [0.25, 0.3) is 0 Å². The van der Waals surface area contributed by atoms with E-state index in [0.29, 0.717) is 24.6 Å². The number of halogens is 1. The monoisotopic (exact) mass is 236 g/mol. The van der Waals surface area contributed by atoms with Crippen LogP contribution in [0.2, 0.25) is 0 Å². The van der Waals surface area contributed by atoms with E-state index in [0.717, 1.165) is 0 Å². The predicted octanol–water partition coefficient (Wildman–Crippen LogP) is 1.17. The highest BCUT2D eigenvalue weighted by Gasteiger charge is 2.29. The van der Waals surface area contributed by atoms with Crippen LogP contribution >= 0.6 is 0 Å². The maximum absolute atomic E-state index is 13.0. The van der Waals surface area contributed by atoms with Crippen LogP contribution in [-0.2, 0) is 11.2 Å². The second-order valence-electron chi connectivity index (χ2n) is 4.75. The molecule has 0 spiro atoms. The lowest BCUT2D eigenvalue weighted by atomic mass is 10.1. The first-order chi connectivity index (χ1) is 8.06. The molecule has 0 saturated carbocycles. The third kappa shape index (κ3) is 2.82. The summed E-state index contributed by atoms with van der Waals surface area (Å²) in [5.41, 5.74) is 6.58. The van der Waals surface area contributed by atoms with Gasteiger partial charge in [0.1, 0.15) is 5.82 Å². The molecule has 2 rings (SSSR count). The smallest absolute Gasteiger partial charge is 0.227 e. The molecular weight excluding hydrogens is 219 g/mol. The van der Waals surface area contributed by atoms with Crippen LogP contribution in [0.5, 0.6) is 0 Å². The summed E-state index contributed by atoms with van der Waals surface area (Å²) in [7, 11) is 0. The Balaban J connectivity index is 1.98. The number of carbonyl (C=O) groups is 1.